The van der Waals surface area contributed by atoms with E-state index in [-0.39, 0.29) is 22.2 Å². The minimum Gasteiger partial charge on any atom is -0.402 e. The van der Waals surface area contributed by atoms with Crippen molar-refractivity contribution in [2.24, 2.45) is 4.99 Å². The summed E-state index contributed by atoms with van der Waals surface area (Å²) in [6.07, 6.45) is 1.54. The van der Waals surface area contributed by atoms with Crippen molar-refractivity contribution in [3.63, 3.8) is 0 Å². The van der Waals surface area contributed by atoms with Gasteiger partial charge in [0.25, 0.3) is 0 Å². The number of carbonyl (C=O) groups excluding carboxylic acids is 1. The van der Waals surface area contributed by atoms with E-state index in [1.54, 1.807) is 60.7 Å². The number of hydrogen-bond acceptors (Lipinski definition) is 6. The van der Waals surface area contributed by atoms with Gasteiger partial charge < -0.3 is 8.92 Å². The lowest BCUT2D eigenvalue weighted by atomic mass is 10.2. The minimum atomic E-state index is -3.92. The Morgan fingerprint density at radius 2 is 1.57 bits per heavy atom. The maximum atomic E-state index is 12.3. The lowest BCUT2D eigenvalue weighted by molar-refractivity contribution is -0.129. The Hall–Kier alpha value is -3.42. The molecule has 3 aromatic rings. The Bertz CT molecular complexity index is 1250. The highest BCUT2D eigenvalue weighted by Crippen LogP contribution is 2.23. The number of nitrogens with zero attached hydrogens (tertiary/aromatic N) is 1. The van der Waals surface area contributed by atoms with Crippen molar-refractivity contribution in [3.05, 3.63) is 101 Å². The molecule has 8 heteroatoms. The van der Waals surface area contributed by atoms with Crippen molar-refractivity contribution in [3.8, 4) is 5.75 Å². The summed E-state index contributed by atoms with van der Waals surface area (Å²) < 4.78 is 34.9. The van der Waals surface area contributed by atoms with Crippen LogP contribution in [0.1, 0.15) is 11.1 Å². The molecular formula is C22H14ClNO5S. The van der Waals surface area contributed by atoms with E-state index < -0.39 is 16.1 Å². The molecule has 3 aromatic carbocycles. The zero-order valence-electron chi connectivity index (χ0n) is 15.4. The quantitative estimate of drug-likeness (QED) is 0.333. The summed E-state index contributed by atoms with van der Waals surface area (Å²) in [6.45, 7) is 0. The van der Waals surface area contributed by atoms with Crippen molar-refractivity contribution >= 4 is 39.7 Å². The van der Waals surface area contributed by atoms with Crippen LogP contribution in [0.25, 0.3) is 6.08 Å². The predicted octanol–water partition coefficient (Wildman–Crippen LogP) is 4.45. The number of benzene rings is 3. The third kappa shape index (κ3) is 4.42. The highest BCUT2D eigenvalue weighted by atomic mass is 35.5. The molecule has 0 atom stereocenters. The number of halogens is 1. The summed E-state index contributed by atoms with van der Waals surface area (Å²) in [7, 11) is -3.92. The molecule has 0 aromatic heterocycles. The van der Waals surface area contributed by atoms with Crippen molar-refractivity contribution in [1.82, 2.24) is 0 Å². The van der Waals surface area contributed by atoms with E-state index in [0.29, 0.717) is 16.1 Å². The summed E-state index contributed by atoms with van der Waals surface area (Å²) in [5.41, 5.74) is 1.39. The van der Waals surface area contributed by atoms with Crippen LogP contribution in [0.5, 0.6) is 5.75 Å². The summed E-state index contributed by atoms with van der Waals surface area (Å²) in [5, 5.41) is 0.566. The van der Waals surface area contributed by atoms with Gasteiger partial charge in [0.2, 0.25) is 5.90 Å². The SMILES string of the molecule is O=C1OC(c2ccc(Cl)cc2)=N/C1=C\c1ccc(OS(=O)(=O)c2ccccc2)cc1. The molecular weight excluding hydrogens is 426 g/mol. The largest absolute Gasteiger partial charge is 0.402 e. The fourth-order valence-electron chi connectivity index (χ4n) is 2.66. The van der Waals surface area contributed by atoms with E-state index in [2.05, 4.69) is 4.99 Å². The van der Waals surface area contributed by atoms with Crippen LogP contribution in [0, 0.1) is 0 Å². The van der Waals surface area contributed by atoms with E-state index in [0.717, 1.165) is 0 Å². The minimum absolute atomic E-state index is 0.0639. The normalized spacial score (nSPS) is 15.0. The smallest absolute Gasteiger partial charge is 0.363 e. The Kier molecular flexibility index (Phi) is 5.39. The Morgan fingerprint density at radius 1 is 0.900 bits per heavy atom. The van der Waals surface area contributed by atoms with Gasteiger partial charge in [0, 0.05) is 10.6 Å². The zero-order chi connectivity index (χ0) is 21.1. The summed E-state index contributed by atoms with van der Waals surface area (Å²) in [5.74, 6) is -0.232. The van der Waals surface area contributed by atoms with E-state index in [9.17, 15) is 13.2 Å². The third-order valence-corrected chi connectivity index (χ3v) is 5.65. The molecule has 30 heavy (non-hydrogen) atoms. The molecule has 0 spiro atoms. The van der Waals surface area contributed by atoms with Crippen LogP contribution in [-0.2, 0) is 19.6 Å². The average molecular weight is 440 g/mol. The van der Waals surface area contributed by atoms with Crippen LogP contribution < -0.4 is 4.18 Å². The Morgan fingerprint density at radius 3 is 2.23 bits per heavy atom. The van der Waals surface area contributed by atoms with Crippen LogP contribution in [0.3, 0.4) is 0 Å². The topological polar surface area (TPSA) is 82.0 Å². The predicted molar refractivity (Wildman–Crippen MR) is 113 cm³/mol. The molecule has 0 radical (unpaired) electrons. The van der Waals surface area contributed by atoms with Crippen LogP contribution in [0.4, 0.5) is 0 Å². The van der Waals surface area contributed by atoms with E-state index in [4.69, 9.17) is 20.5 Å². The first-order valence-electron chi connectivity index (χ1n) is 8.79. The molecule has 4 rings (SSSR count). The lowest BCUT2D eigenvalue weighted by Crippen LogP contribution is -2.09. The second kappa shape index (κ2) is 8.14. The number of rotatable bonds is 5. The first kappa shape index (κ1) is 19.9. The molecule has 0 bridgehead atoms. The standard InChI is InChI=1S/C22H14ClNO5S/c23-17-10-8-16(9-11-17)21-24-20(22(25)28-21)14-15-6-12-18(13-7-15)29-30(26,27)19-4-2-1-3-5-19/h1-14H/b20-14-. The molecule has 1 heterocycles. The summed E-state index contributed by atoms with van der Waals surface area (Å²) in [4.78, 5) is 16.4. The molecule has 150 valence electrons. The molecule has 0 unspecified atom stereocenters. The van der Waals surface area contributed by atoms with Gasteiger partial charge in [0.15, 0.2) is 5.70 Å². The maximum absolute atomic E-state index is 12.3. The highest BCUT2D eigenvalue weighted by molar-refractivity contribution is 7.87. The van der Waals surface area contributed by atoms with Crippen molar-refractivity contribution in [2.75, 3.05) is 0 Å². The average Bonchev–Trinajstić information content (AvgIpc) is 3.11. The molecule has 0 saturated heterocycles. The lowest BCUT2D eigenvalue weighted by Gasteiger charge is -2.07. The van der Waals surface area contributed by atoms with Crippen molar-refractivity contribution < 1.29 is 22.1 Å². The van der Waals surface area contributed by atoms with Gasteiger partial charge in [-0.25, -0.2) is 9.79 Å². The van der Waals surface area contributed by atoms with Crippen LogP contribution >= 0.6 is 11.6 Å². The monoisotopic (exact) mass is 439 g/mol. The van der Waals surface area contributed by atoms with Gasteiger partial charge >= 0.3 is 16.1 Å². The van der Waals surface area contributed by atoms with Crippen molar-refractivity contribution in [2.45, 2.75) is 4.90 Å². The molecule has 6 nitrogen and oxygen atoms in total. The number of cyclic esters (lactones) is 1. The Balaban J connectivity index is 1.52. The van der Waals surface area contributed by atoms with Gasteiger partial charge in [-0.2, -0.15) is 8.42 Å². The number of ether oxygens (including phenoxy) is 1. The molecule has 0 aliphatic carbocycles. The number of hydrogen-bond donors (Lipinski definition) is 0. The van der Waals surface area contributed by atoms with Crippen LogP contribution in [0.2, 0.25) is 5.02 Å². The molecule has 0 fully saturated rings. The molecule has 1 aliphatic heterocycles. The fraction of sp³-hybridized carbons (Fsp3) is 0. The third-order valence-electron chi connectivity index (χ3n) is 4.13. The number of carbonyl (C=O) groups is 1. The van der Waals surface area contributed by atoms with Gasteiger partial charge in [-0.3, -0.25) is 0 Å². The fourth-order valence-corrected chi connectivity index (χ4v) is 3.74. The molecule has 0 amide bonds. The molecule has 0 saturated carbocycles. The summed E-state index contributed by atoms with van der Waals surface area (Å²) >= 11 is 5.86. The molecule has 0 N–H and O–H groups in total. The zero-order valence-corrected chi connectivity index (χ0v) is 16.9. The first-order chi connectivity index (χ1) is 14.4. The second-order valence-electron chi connectivity index (χ2n) is 6.26. The van der Waals surface area contributed by atoms with E-state index >= 15 is 0 Å². The Labute approximate surface area is 178 Å². The van der Waals surface area contributed by atoms with Crippen LogP contribution in [0.15, 0.2) is 94.4 Å². The van der Waals surface area contributed by atoms with Gasteiger partial charge in [0.05, 0.1) is 0 Å². The summed E-state index contributed by atoms with van der Waals surface area (Å²) in [6, 6.07) is 20.9. The second-order valence-corrected chi connectivity index (χ2v) is 8.25. The van der Waals surface area contributed by atoms with Gasteiger partial charge in [0.1, 0.15) is 10.6 Å². The maximum Gasteiger partial charge on any atom is 0.363 e. The number of esters is 1. The molecule has 1 aliphatic rings. The van der Waals surface area contributed by atoms with Gasteiger partial charge in [-0.1, -0.05) is 41.9 Å². The first-order valence-corrected chi connectivity index (χ1v) is 10.6. The number of aliphatic imine (C=N–C) groups is 1. The van der Waals surface area contributed by atoms with E-state index in [1.807, 2.05) is 0 Å². The van der Waals surface area contributed by atoms with E-state index in [1.165, 1.54) is 24.3 Å². The van der Waals surface area contributed by atoms with Crippen LogP contribution in [-0.4, -0.2) is 20.3 Å². The van der Waals surface area contributed by atoms with Gasteiger partial charge in [-0.05, 0) is 60.2 Å². The van der Waals surface area contributed by atoms with Gasteiger partial charge in [-0.15, -0.1) is 0 Å². The highest BCUT2D eigenvalue weighted by Gasteiger charge is 2.24. The van der Waals surface area contributed by atoms with Crippen molar-refractivity contribution in [1.29, 1.82) is 0 Å².